The van der Waals surface area contributed by atoms with Gasteiger partial charge in [-0.2, -0.15) is 0 Å². The molecular weight excluding hydrogens is 232 g/mol. The lowest BCUT2D eigenvalue weighted by Crippen LogP contribution is -2.66. The molecule has 0 bridgehead atoms. The Bertz CT molecular complexity index is 411. The Morgan fingerprint density at radius 3 is 2.37 bits per heavy atom. The van der Waals surface area contributed by atoms with Crippen molar-refractivity contribution in [3.63, 3.8) is 0 Å². The molecule has 1 unspecified atom stereocenters. The molecule has 2 heteroatoms. The summed E-state index contributed by atoms with van der Waals surface area (Å²) in [6, 6.07) is 10.8. The zero-order valence-corrected chi connectivity index (χ0v) is 13.0. The maximum atomic E-state index is 3.76. The fraction of sp³-hybridized carbons (Fsp3) is 0.647. The number of hydrogen-bond donors (Lipinski definition) is 1. The highest BCUT2D eigenvalue weighted by molar-refractivity contribution is 5.25. The molecule has 1 saturated heterocycles. The van der Waals surface area contributed by atoms with Crippen LogP contribution in [0.5, 0.6) is 0 Å². The van der Waals surface area contributed by atoms with Gasteiger partial charge in [0.2, 0.25) is 0 Å². The molecule has 19 heavy (non-hydrogen) atoms. The molecule has 106 valence electrons. The topological polar surface area (TPSA) is 15.3 Å². The summed E-state index contributed by atoms with van der Waals surface area (Å²) in [6.45, 7) is 14.9. The highest BCUT2D eigenvalue weighted by Crippen LogP contribution is 2.31. The van der Waals surface area contributed by atoms with Gasteiger partial charge in [-0.15, -0.1) is 0 Å². The van der Waals surface area contributed by atoms with Gasteiger partial charge in [0.25, 0.3) is 0 Å². The van der Waals surface area contributed by atoms with Gasteiger partial charge in [-0.05, 0) is 32.3 Å². The molecule has 0 aromatic heterocycles. The zero-order valence-electron chi connectivity index (χ0n) is 13.0. The first kappa shape index (κ1) is 14.5. The molecule has 1 aliphatic heterocycles. The van der Waals surface area contributed by atoms with Gasteiger partial charge in [-0.3, -0.25) is 4.90 Å². The number of nitrogens with zero attached hydrogens (tertiary/aromatic N) is 1. The minimum atomic E-state index is 0.0612. The van der Waals surface area contributed by atoms with E-state index in [1.165, 1.54) is 5.56 Å². The van der Waals surface area contributed by atoms with Crippen molar-refractivity contribution in [1.29, 1.82) is 0 Å². The predicted molar refractivity (Wildman–Crippen MR) is 82.3 cm³/mol. The van der Waals surface area contributed by atoms with E-state index in [4.69, 9.17) is 0 Å². The molecule has 1 heterocycles. The summed E-state index contributed by atoms with van der Waals surface area (Å²) in [5, 5.41) is 3.76. The molecule has 0 radical (unpaired) electrons. The molecule has 1 aliphatic rings. The van der Waals surface area contributed by atoms with Gasteiger partial charge in [0, 0.05) is 25.2 Å². The van der Waals surface area contributed by atoms with Crippen molar-refractivity contribution in [2.24, 2.45) is 5.92 Å². The smallest absolute Gasteiger partial charge is 0.0535 e. The molecule has 0 aliphatic carbocycles. The van der Waals surface area contributed by atoms with E-state index in [1.807, 2.05) is 0 Å². The largest absolute Gasteiger partial charge is 0.305 e. The Balaban J connectivity index is 2.22. The Morgan fingerprint density at radius 2 is 1.79 bits per heavy atom. The number of hydrogen-bond acceptors (Lipinski definition) is 2. The first-order valence-corrected chi connectivity index (χ1v) is 7.39. The Kier molecular flexibility index (Phi) is 4.03. The molecule has 2 rings (SSSR count). The second-order valence-corrected chi connectivity index (χ2v) is 7.14. The fourth-order valence-electron chi connectivity index (χ4n) is 2.93. The average molecular weight is 260 g/mol. The molecule has 0 amide bonds. The zero-order chi connectivity index (χ0) is 14.1. The third-order valence-electron chi connectivity index (χ3n) is 4.27. The fourth-order valence-corrected chi connectivity index (χ4v) is 2.93. The van der Waals surface area contributed by atoms with Crippen LogP contribution in [-0.4, -0.2) is 30.1 Å². The summed E-state index contributed by atoms with van der Waals surface area (Å²) >= 11 is 0. The highest BCUT2D eigenvalue weighted by Gasteiger charge is 2.40. The van der Waals surface area contributed by atoms with Crippen LogP contribution in [0, 0.1) is 5.92 Å². The van der Waals surface area contributed by atoms with Crippen molar-refractivity contribution in [3.05, 3.63) is 35.9 Å². The van der Waals surface area contributed by atoms with Crippen LogP contribution in [0.1, 0.15) is 40.2 Å². The molecule has 1 atom stereocenters. The van der Waals surface area contributed by atoms with Crippen LogP contribution >= 0.6 is 0 Å². The molecule has 0 spiro atoms. The van der Waals surface area contributed by atoms with Crippen molar-refractivity contribution in [3.8, 4) is 0 Å². The summed E-state index contributed by atoms with van der Waals surface area (Å²) in [4.78, 5) is 2.64. The lowest BCUT2D eigenvalue weighted by Gasteiger charge is -2.51. The lowest BCUT2D eigenvalue weighted by atomic mass is 9.84. The first-order chi connectivity index (χ1) is 8.83. The molecule has 2 nitrogen and oxygen atoms in total. The van der Waals surface area contributed by atoms with Crippen molar-refractivity contribution >= 4 is 0 Å². The molecule has 1 N–H and O–H groups in total. The van der Waals surface area contributed by atoms with E-state index in [-0.39, 0.29) is 11.1 Å². The Labute approximate surface area is 118 Å². The summed E-state index contributed by atoms with van der Waals surface area (Å²) < 4.78 is 0. The summed E-state index contributed by atoms with van der Waals surface area (Å²) in [6.07, 6.45) is 0. The average Bonchev–Trinajstić information content (AvgIpc) is 2.35. The van der Waals surface area contributed by atoms with Gasteiger partial charge in [-0.1, -0.05) is 44.2 Å². The first-order valence-electron chi connectivity index (χ1n) is 7.39. The maximum Gasteiger partial charge on any atom is 0.0535 e. The monoisotopic (exact) mass is 260 g/mol. The Hall–Kier alpha value is -0.860. The van der Waals surface area contributed by atoms with E-state index in [0.29, 0.717) is 5.92 Å². The van der Waals surface area contributed by atoms with Crippen LogP contribution in [-0.2, 0) is 5.54 Å². The van der Waals surface area contributed by atoms with Gasteiger partial charge in [0.15, 0.2) is 0 Å². The van der Waals surface area contributed by atoms with E-state index >= 15 is 0 Å². The quantitative estimate of drug-likeness (QED) is 0.897. The van der Waals surface area contributed by atoms with Crippen LogP contribution in [0.4, 0.5) is 0 Å². The number of piperazine rings is 1. The van der Waals surface area contributed by atoms with Gasteiger partial charge in [0.05, 0.1) is 5.54 Å². The SMILES string of the molecule is CC(C)CN1CC(C)(c2ccccc2)NCC1(C)C. The van der Waals surface area contributed by atoms with Crippen LogP contribution in [0.25, 0.3) is 0 Å². The molecule has 1 fully saturated rings. The van der Waals surface area contributed by atoms with Crippen LogP contribution < -0.4 is 5.32 Å². The van der Waals surface area contributed by atoms with E-state index in [9.17, 15) is 0 Å². The van der Waals surface area contributed by atoms with E-state index in [0.717, 1.165) is 19.6 Å². The van der Waals surface area contributed by atoms with Crippen molar-refractivity contribution in [2.45, 2.75) is 45.7 Å². The van der Waals surface area contributed by atoms with Gasteiger partial charge >= 0.3 is 0 Å². The van der Waals surface area contributed by atoms with E-state index < -0.39 is 0 Å². The van der Waals surface area contributed by atoms with Gasteiger partial charge in [0.1, 0.15) is 0 Å². The minimum absolute atomic E-state index is 0.0612. The molecule has 1 aromatic carbocycles. The normalized spacial score (nSPS) is 27.7. The summed E-state index contributed by atoms with van der Waals surface area (Å²) in [5.41, 5.74) is 1.68. The number of nitrogens with one attached hydrogen (secondary N) is 1. The number of benzene rings is 1. The van der Waals surface area contributed by atoms with Gasteiger partial charge < -0.3 is 5.32 Å². The second-order valence-electron chi connectivity index (χ2n) is 7.14. The summed E-state index contributed by atoms with van der Waals surface area (Å²) in [7, 11) is 0. The van der Waals surface area contributed by atoms with Crippen molar-refractivity contribution in [2.75, 3.05) is 19.6 Å². The van der Waals surface area contributed by atoms with Crippen LogP contribution in [0.2, 0.25) is 0 Å². The maximum absolute atomic E-state index is 3.76. The summed E-state index contributed by atoms with van der Waals surface area (Å²) in [5.74, 6) is 0.706. The van der Waals surface area contributed by atoms with Crippen LogP contribution in [0.15, 0.2) is 30.3 Å². The van der Waals surface area contributed by atoms with Crippen molar-refractivity contribution < 1.29 is 0 Å². The third-order valence-corrected chi connectivity index (χ3v) is 4.27. The van der Waals surface area contributed by atoms with Crippen LogP contribution in [0.3, 0.4) is 0 Å². The van der Waals surface area contributed by atoms with Gasteiger partial charge in [-0.25, -0.2) is 0 Å². The third kappa shape index (κ3) is 3.18. The second kappa shape index (κ2) is 5.26. The minimum Gasteiger partial charge on any atom is -0.305 e. The van der Waals surface area contributed by atoms with E-state index in [1.54, 1.807) is 0 Å². The molecule has 0 saturated carbocycles. The molecule has 1 aromatic rings. The van der Waals surface area contributed by atoms with E-state index in [2.05, 4.69) is 75.2 Å². The Morgan fingerprint density at radius 1 is 1.16 bits per heavy atom. The molecular formula is C17H28N2. The van der Waals surface area contributed by atoms with Crippen molar-refractivity contribution in [1.82, 2.24) is 10.2 Å². The highest BCUT2D eigenvalue weighted by atomic mass is 15.3. The number of rotatable bonds is 3. The lowest BCUT2D eigenvalue weighted by molar-refractivity contribution is 0.0224. The predicted octanol–water partition coefficient (Wildman–Crippen LogP) is 3.24. The standard InChI is InChI=1S/C17H28N2/c1-14(2)11-19-13-17(5,18-12-16(19,3)4)15-9-7-6-8-10-15/h6-10,14,18H,11-13H2,1-5H3.